The monoisotopic (exact) mass is 363 g/mol. The van der Waals surface area contributed by atoms with E-state index in [0.29, 0.717) is 50.1 Å². The van der Waals surface area contributed by atoms with Crippen molar-refractivity contribution >= 4 is 17.8 Å². The molecule has 0 saturated carbocycles. The van der Waals surface area contributed by atoms with Gasteiger partial charge in [-0.25, -0.2) is 9.97 Å². The van der Waals surface area contributed by atoms with Crippen molar-refractivity contribution in [3.8, 4) is 0 Å². The Hall–Kier alpha value is -2.26. The fraction of sp³-hybridized carbons (Fsp3) is 0.647. The van der Waals surface area contributed by atoms with Crippen molar-refractivity contribution in [2.45, 2.75) is 13.0 Å². The van der Waals surface area contributed by atoms with Crippen molar-refractivity contribution < 1.29 is 19.4 Å². The molecule has 3 rings (SSSR count). The number of amides is 1. The normalized spacial score (nSPS) is 23.4. The molecule has 0 spiro atoms. The van der Waals surface area contributed by atoms with Crippen LogP contribution in [0.25, 0.3) is 0 Å². The highest BCUT2D eigenvalue weighted by atomic mass is 16.5. The lowest BCUT2D eigenvalue weighted by atomic mass is 10.1. The number of nitrogens with zero attached hydrogens (tertiary/aromatic N) is 5. The SMILES string of the molecule is Cc1nc(N(C)C)ncc1C(=O)N1C[C@H]2COC[C@@H]1CN(CC(=O)O)C2. The van der Waals surface area contributed by atoms with Gasteiger partial charge in [0.1, 0.15) is 0 Å². The number of anilines is 1. The summed E-state index contributed by atoms with van der Waals surface area (Å²) in [4.78, 5) is 38.4. The molecule has 0 unspecified atom stereocenters. The Morgan fingerprint density at radius 2 is 2.08 bits per heavy atom. The van der Waals surface area contributed by atoms with Crippen LogP contribution in [0.5, 0.6) is 0 Å². The fourth-order valence-corrected chi connectivity index (χ4v) is 3.54. The van der Waals surface area contributed by atoms with Crippen molar-refractivity contribution in [2.75, 3.05) is 58.4 Å². The quantitative estimate of drug-likeness (QED) is 0.779. The molecule has 1 aromatic rings. The van der Waals surface area contributed by atoms with Gasteiger partial charge in [0, 0.05) is 45.8 Å². The van der Waals surface area contributed by atoms with Crippen LogP contribution in [0.2, 0.25) is 0 Å². The third-order valence-corrected chi connectivity index (χ3v) is 4.76. The molecule has 2 atom stereocenters. The number of fused-ring (bicyclic) bond motifs is 3. The minimum Gasteiger partial charge on any atom is -0.480 e. The largest absolute Gasteiger partial charge is 0.480 e. The highest BCUT2D eigenvalue weighted by Crippen LogP contribution is 2.22. The maximum atomic E-state index is 13.2. The van der Waals surface area contributed by atoms with E-state index >= 15 is 0 Å². The highest BCUT2D eigenvalue weighted by Gasteiger charge is 2.37. The molecule has 0 aromatic carbocycles. The number of hydrogen-bond acceptors (Lipinski definition) is 7. The third kappa shape index (κ3) is 3.94. The molecule has 9 heteroatoms. The zero-order valence-corrected chi connectivity index (χ0v) is 15.4. The van der Waals surface area contributed by atoms with Crippen LogP contribution in [-0.4, -0.2) is 96.3 Å². The van der Waals surface area contributed by atoms with E-state index in [1.807, 2.05) is 19.0 Å². The third-order valence-electron chi connectivity index (χ3n) is 4.76. The summed E-state index contributed by atoms with van der Waals surface area (Å²) < 4.78 is 5.71. The Morgan fingerprint density at radius 3 is 2.73 bits per heavy atom. The molecule has 2 bridgehead atoms. The first-order valence-corrected chi connectivity index (χ1v) is 8.69. The lowest BCUT2D eigenvalue weighted by Crippen LogP contribution is -2.47. The average molecular weight is 363 g/mol. The number of aryl methyl sites for hydroxylation is 1. The summed E-state index contributed by atoms with van der Waals surface area (Å²) in [5.74, 6) is -0.324. The standard InChI is InChI=1S/C17H25N5O4/c1-11-14(4-18-17(19-11)20(2)3)16(25)22-6-12-5-21(8-15(23)24)7-13(22)10-26-9-12/h4,12-13H,5-10H2,1-3H3,(H,23,24)/t12-,13-/m0/s1. The average Bonchev–Trinajstić information content (AvgIpc) is 2.84. The maximum Gasteiger partial charge on any atom is 0.317 e. The molecule has 0 aliphatic carbocycles. The van der Waals surface area contributed by atoms with E-state index in [0.717, 1.165) is 0 Å². The number of aromatic nitrogens is 2. The Bertz CT molecular complexity index is 696. The number of carboxylic acids is 1. The van der Waals surface area contributed by atoms with Gasteiger partial charge < -0.3 is 19.6 Å². The fourth-order valence-electron chi connectivity index (χ4n) is 3.54. The van der Waals surface area contributed by atoms with Crippen molar-refractivity contribution in [2.24, 2.45) is 5.92 Å². The maximum absolute atomic E-state index is 13.2. The lowest BCUT2D eigenvalue weighted by molar-refractivity contribution is -0.138. The van der Waals surface area contributed by atoms with Gasteiger partial charge in [-0.3, -0.25) is 14.5 Å². The molecule has 2 aliphatic heterocycles. The number of ether oxygens (including phenoxy) is 1. The number of carbonyl (C=O) groups excluding carboxylic acids is 1. The summed E-state index contributed by atoms with van der Waals surface area (Å²) >= 11 is 0. The van der Waals surface area contributed by atoms with E-state index in [9.17, 15) is 9.59 Å². The summed E-state index contributed by atoms with van der Waals surface area (Å²) in [7, 11) is 3.70. The van der Waals surface area contributed by atoms with Crippen LogP contribution in [0.4, 0.5) is 5.95 Å². The van der Waals surface area contributed by atoms with Gasteiger partial charge in [-0.1, -0.05) is 0 Å². The molecule has 3 heterocycles. The molecule has 26 heavy (non-hydrogen) atoms. The Labute approximate surface area is 152 Å². The summed E-state index contributed by atoms with van der Waals surface area (Å²) in [5, 5.41) is 9.11. The lowest BCUT2D eigenvalue weighted by Gasteiger charge is -2.30. The molecule has 9 nitrogen and oxygen atoms in total. The topological polar surface area (TPSA) is 99.1 Å². The molecule has 2 aliphatic rings. The Morgan fingerprint density at radius 1 is 1.31 bits per heavy atom. The van der Waals surface area contributed by atoms with Crippen LogP contribution >= 0.6 is 0 Å². The number of rotatable bonds is 4. The summed E-state index contributed by atoms with van der Waals surface area (Å²) in [5.41, 5.74) is 1.11. The van der Waals surface area contributed by atoms with E-state index in [1.165, 1.54) is 0 Å². The van der Waals surface area contributed by atoms with Gasteiger partial charge in [-0.05, 0) is 6.92 Å². The molecule has 1 amide bonds. The number of carbonyl (C=O) groups is 2. The van der Waals surface area contributed by atoms with Crippen LogP contribution in [0.1, 0.15) is 16.1 Å². The molecule has 0 radical (unpaired) electrons. The van der Waals surface area contributed by atoms with E-state index < -0.39 is 5.97 Å². The van der Waals surface area contributed by atoms with Crippen LogP contribution in [0.3, 0.4) is 0 Å². The molecule has 1 aromatic heterocycles. The van der Waals surface area contributed by atoms with Gasteiger partial charge in [-0.15, -0.1) is 0 Å². The molecular formula is C17H25N5O4. The van der Waals surface area contributed by atoms with Crippen LogP contribution in [0.15, 0.2) is 6.20 Å². The summed E-state index contributed by atoms with van der Waals surface area (Å²) in [6.07, 6.45) is 1.57. The van der Waals surface area contributed by atoms with Crippen LogP contribution in [-0.2, 0) is 9.53 Å². The van der Waals surface area contributed by atoms with Gasteiger partial charge in [-0.2, -0.15) is 0 Å². The summed E-state index contributed by atoms with van der Waals surface area (Å²) in [6, 6.07) is -0.178. The Kier molecular flexibility index (Phi) is 5.38. The summed E-state index contributed by atoms with van der Waals surface area (Å²) in [6.45, 7) is 4.38. The van der Waals surface area contributed by atoms with Gasteiger partial charge in [0.2, 0.25) is 5.95 Å². The van der Waals surface area contributed by atoms with Crippen molar-refractivity contribution in [3.63, 3.8) is 0 Å². The first kappa shape index (κ1) is 18.5. The second-order valence-electron chi connectivity index (χ2n) is 7.17. The van der Waals surface area contributed by atoms with Crippen molar-refractivity contribution in [1.29, 1.82) is 0 Å². The number of hydrogen-bond donors (Lipinski definition) is 1. The first-order valence-electron chi connectivity index (χ1n) is 8.69. The van der Waals surface area contributed by atoms with Crippen molar-refractivity contribution in [3.05, 3.63) is 17.5 Å². The molecule has 2 saturated heterocycles. The van der Waals surface area contributed by atoms with Crippen molar-refractivity contribution in [1.82, 2.24) is 19.8 Å². The second-order valence-corrected chi connectivity index (χ2v) is 7.17. The van der Waals surface area contributed by atoms with Crippen LogP contribution < -0.4 is 4.90 Å². The smallest absolute Gasteiger partial charge is 0.317 e. The van der Waals surface area contributed by atoms with E-state index in [2.05, 4.69) is 9.97 Å². The highest BCUT2D eigenvalue weighted by molar-refractivity contribution is 5.95. The molecule has 142 valence electrons. The van der Waals surface area contributed by atoms with Gasteiger partial charge in [0.15, 0.2) is 0 Å². The zero-order chi connectivity index (χ0) is 18.8. The van der Waals surface area contributed by atoms with E-state index in [4.69, 9.17) is 9.84 Å². The zero-order valence-electron chi connectivity index (χ0n) is 15.4. The second kappa shape index (κ2) is 7.55. The minimum absolute atomic E-state index is 0.0191. The van der Waals surface area contributed by atoms with Crippen LogP contribution in [0, 0.1) is 12.8 Å². The van der Waals surface area contributed by atoms with Gasteiger partial charge in [0.25, 0.3) is 5.91 Å². The predicted octanol–water partition coefficient (Wildman–Crippen LogP) is -0.292. The Balaban J connectivity index is 1.84. The first-order chi connectivity index (χ1) is 12.3. The van der Waals surface area contributed by atoms with E-state index in [1.54, 1.807) is 22.9 Å². The predicted molar refractivity (Wildman–Crippen MR) is 94.3 cm³/mol. The minimum atomic E-state index is -0.854. The number of aliphatic carboxylic acids is 1. The van der Waals surface area contributed by atoms with E-state index in [-0.39, 0.29) is 24.4 Å². The number of carboxylic acid groups (broad SMARTS) is 1. The molecule has 2 fully saturated rings. The molecular weight excluding hydrogens is 338 g/mol. The van der Waals surface area contributed by atoms with Gasteiger partial charge >= 0.3 is 5.97 Å². The van der Waals surface area contributed by atoms with Gasteiger partial charge in [0.05, 0.1) is 37.1 Å². The molecule has 1 N–H and O–H groups in total.